The molecule has 1 aliphatic carbocycles. The van der Waals surface area contributed by atoms with Gasteiger partial charge in [0.1, 0.15) is 0 Å². The van der Waals surface area contributed by atoms with Crippen LogP contribution >= 0.6 is 11.3 Å². The van der Waals surface area contributed by atoms with E-state index in [9.17, 15) is 4.79 Å². The molecule has 0 bridgehead atoms. The number of hydrogen-bond acceptors (Lipinski definition) is 3. The third kappa shape index (κ3) is 2.73. The van der Waals surface area contributed by atoms with E-state index in [2.05, 4.69) is 17.5 Å². The van der Waals surface area contributed by atoms with E-state index >= 15 is 0 Å². The minimum atomic E-state index is 0.0585. The highest BCUT2D eigenvalue weighted by Crippen LogP contribution is 2.30. The van der Waals surface area contributed by atoms with Gasteiger partial charge in [0.15, 0.2) is 0 Å². The topological polar surface area (TPSA) is 44.1 Å². The first-order chi connectivity index (χ1) is 9.78. The van der Waals surface area contributed by atoms with Crippen molar-refractivity contribution in [2.24, 2.45) is 0 Å². The second kappa shape index (κ2) is 5.48. The van der Waals surface area contributed by atoms with Crippen molar-refractivity contribution in [3.63, 3.8) is 0 Å². The number of carbonyl (C=O) groups excluding carboxylic acids is 1. The Labute approximate surface area is 122 Å². The maximum absolute atomic E-state index is 12.6. The normalized spacial score (nSPS) is 13.8. The molecule has 1 aliphatic rings. The molecule has 1 aromatic carbocycles. The first-order valence-electron chi connectivity index (χ1n) is 6.60. The van der Waals surface area contributed by atoms with Gasteiger partial charge < -0.3 is 4.90 Å². The first kappa shape index (κ1) is 12.9. The molecule has 1 amide bonds. The Morgan fingerprint density at radius 1 is 1.30 bits per heavy atom. The lowest BCUT2D eigenvalue weighted by atomic mass is 10.1. The number of thiophene rings is 1. The SMILES string of the molecule is N#Cc1ccc(C(=O)N(Cc2ccsc2)C2CC2)cc1. The molecule has 0 atom stereocenters. The van der Waals surface area contributed by atoms with Crippen LogP contribution in [0.2, 0.25) is 0 Å². The molecule has 20 heavy (non-hydrogen) atoms. The molecule has 0 aliphatic heterocycles. The van der Waals surface area contributed by atoms with Crippen LogP contribution in [0.4, 0.5) is 0 Å². The van der Waals surface area contributed by atoms with Crippen LogP contribution in [-0.2, 0) is 6.54 Å². The van der Waals surface area contributed by atoms with Crippen LogP contribution in [0.15, 0.2) is 41.1 Å². The first-order valence-corrected chi connectivity index (χ1v) is 7.54. The second-order valence-electron chi connectivity index (χ2n) is 4.98. The van der Waals surface area contributed by atoms with Crippen molar-refractivity contribution >= 4 is 17.2 Å². The van der Waals surface area contributed by atoms with Crippen LogP contribution in [0.5, 0.6) is 0 Å². The highest BCUT2D eigenvalue weighted by Gasteiger charge is 2.33. The molecule has 100 valence electrons. The molecule has 1 aromatic heterocycles. The second-order valence-corrected chi connectivity index (χ2v) is 5.77. The van der Waals surface area contributed by atoms with Gasteiger partial charge in [-0.2, -0.15) is 16.6 Å². The average Bonchev–Trinajstić information content (AvgIpc) is 3.21. The highest BCUT2D eigenvalue weighted by molar-refractivity contribution is 7.07. The Balaban J connectivity index is 1.79. The predicted octanol–water partition coefficient (Wildman–Crippen LogP) is 3.42. The van der Waals surface area contributed by atoms with Gasteiger partial charge >= 0.3 is 0 Å². The third-order valence-corrected chi connectivity index (χ3v) is 4.17. The summed E-state index contributed by atoms with van der Waals surface area (Å²) in [5, 5.41) is 12.9. The Hall–Kier alpha value is -2.12. The molecule has 0 unspecified atom stereocenters. The summed E-state index contributed by atoms with van der Waals surface area (Å²) in [6.07, 6.45) is 2.18. The molecule has 2 aromatic rings. The van der Waals surface area contributed by atoms with Crippen LogP contribution in [0, 0.1) is 11.3 Å². The van der Waals surface area contributed by atoms with Gasteiger partial charge in [-0.25, -0.2) is 0 Å². The lowest BCUT2D eigenvalue weighted by Gasteiger charge is -2.22. The summed E-state index contributed by atoms with van der Waals surface area (Å²) < 4.78 is 0. The maximum Gasteiger partial charge on any atom is 0.254 e. The third-order valence-electron chi connectivity index (χ3n) is 3.44. The van der Waals surface area contributed by atoms with Crippen molar-refractivity contribution in [1.29, 1.82) is 5.26 Å². The number of nitrogens with zero attached hydrogens (tertiary/aromatic N) is 2. The van der Waals surface area contributed by atoms with Gasteiger partial charge in [0.05, 0.1) is 11.6 Å². The van der Waals surface area contributed by atoms with Gasteiger partial charge in [-0.3, -0.25) is 4.79 Å². The smallest absolute Gasteiger partial charge is 0.254 e. The number of benzene rings is 1. The van der Waals surface area contributed by atoms with Gasteiger partial charge in [-0.1, -0.05) is 0 Å². The molecule has 0 radical (unpaired) electrons. The number of amides is 1. The van der Waals surface area contributed by atoms with Crippen molar-refractivity contribution in [2.75, 3.05) is 0 Å². The van der Waals surface area contributed by atoms with Gasteiger partial charge in [0, 0.05) is 18.2 Å². The summed E-state index contributed by atoms with van der Waals surface area (Å²) in [5.74, 6) is 0.0585. The Morgan fingerprint density at radius 2 is 2.05 bits per heavy atom. The zero-order chi connectivity index (χ0) is 13.9. The van der Waals surface area contributed by atoms with E-state index in [1.165, 1.54) is 5.56 Å². The maximum atomic E-state index is 12.6. The van der Waals surface area contributed by atoms with Gasteiger partial charge in [0.2, 0.25) is 0 Å². The summed E-state index contributed by atoms with van der Waals surface area (Å²) in [6, 6.07) is 11.4. The number of hydrogen-bond donors (Lipinski definition) is 0. The Kier molecular flexibility index (Phi) is 3.53. The van der Waals surface area contributed by atoms with Crippen molar-refractivity contribution in [1.82, 2.24) is 4.90 Å². The molecular weight excluding hydrogens is 268 g/mol. The van der Waals surface area contributed by atoms with E-state index in [0.29, 0.717) is 23.7 Å². The number of carbonyl (C=O) groups is 1. The summed E-state index contributed by atoms with van der Waals surface area (Å²) in [5.41, 5.74) is 2.42. The summed E-state index contributed by atoms with van der Waals surface area (Å²) in [7, 11) is 0. The number of rotatable bonds is 4. The molecule has 1 saturated carbocycles. The molecule has 3 rings (SSSR count). The van der Waals surface area contributed by atoms with E-state index in [-0.39, 0.29) is 5.91 Å². The van der Waals surface area contributed by atoms with Crippen LogP contribution in [0.1, 0.15) is 34.3 Å². The van der Waals surface area contributed by atoms with E-state index in [1.807, 2.05) is 10.3 Å². The molecule has 1 fully saturated rings. The molecule has 0 N–H and O–H groups in total. The lowest BCUT2D eigenvalue weighted by molar-refractivity contribution is 0.0730. The minimum Gasteiger partial charge on any atom is -0.331 e. The minimum absolute atomic E-state index is 0.0585. The Bertz CT molecular complexity index is 636. The van der Waals surface area contributed by atoms with E-state index in [4.69, 9.17) is 5.26 Å². The van der Waals surface area contributed by atoms with Crippen LogP contribution in [0.25, 0.3) is 0 Å². The predicted molar refractivity (Wildman–Crippen MR) is 78.4 cm³/mol. The highest BCUT2D eigenvalue weighted by atomic mass is 32.1. The fourth-order valence-corrected chi connectivity index (χ4v) is 2.85. The summed E-state index contributed by atoms with van der Waals surface area (Å²) in [4.78, 5) is 14.5. The summed E-state index contributed by atoms with van der Waals surface area (Å²) in [6.45, 7) is 0.674. The van der Waals surface area contributed by atoms with Crippen LogP contribution < -0.4 is 0 Å². The van der Waals surface area contributed by atoms with Crippen molar-refractivity contribution < 1.29 is 4.79 Å². The Morgan fingerprint density at radius 3 is 2.60 bits per heavy atom. The monoisotopic (exact) mass is 282 g/mol. The molecule has 4 heteroatoms. The van der Waals surface area contributed by atoms with Crippen LogP contribution in [-0.4, -0.2) is 16.8 Å². The zero-order valence-electron chi connectivity index (χ0n) is 11.0. The van der Waals surface area contributed by atoms with Crippen LogP contribution in [0.3, 0.4) is 0 Å². The van der Waals surface area contributed by atoms with E-state index in [0.717, 1.165) is 12.8 Å². The van der Waals surface area contributed by atoms with Crippen molar-refractivity contribution in [3.05, 3.63) is 57.8 Å². The molecular formula is C16H14N2OS. The largest absolute Gasteiger partial charge is 0.331 e. The van der Waals surface area contributed by atoms with Crippen molar-refractivity contribution in [3.8, 4) is 6.07 Å². The fraction of sp³-hybridized carbons (Fsp3) is 0.250. The average molecular weight is 282 g/mol. The molecule has 3 nitrogen and oxygen atoms in total. The van der Waals surface area contributed by atoms with Gasteiger partial charge in [0.25, 0.3) is 5.91 Å². The molecule has 0 saturated heterocycles. The van der Waals surface area contributed by atoms with E-state index in [1.54, 1.807) is 35.6 Å². The van der Waals surface area contributed by atoms with Crippen molar-refractivity contribution in [2.45, 2.75) is 25.4 Å². The zero-order valence-corrected chi connectivity index (χ0v) is 11.8. The van der Waals surface area contributed by atoms with Gasteiger partial charge in [-0.15, -0.1) is 0 Å². The molecule has 1 heterocycles. The van der Waals surface area contributed by atoms with Gasteiger partial charge in [-0.05, 0) is 59.5 Å². The fourth-order valence-electron chi connectivity index (χ4n) is 2.19. The molecule has 0 spiro atoms. The lowest BCUT2D eigenvalue weighted by Crippen LogP contribution is -2.32. The van der Waals surface area contributed by atoms with E-state index < -0.39 is 0 Å². The standard InChI is InChI=1S/C16H14N2OS/c17-9-12-1-3-14(4-2-12)16(19)18(15-5-6-15)10-13-7-8-20-11-13/h1-4,7-8,11,15H,5-6,10H2. The quantitative estimate of drug-likeness (QED) is 0.862. The summed E-state index contributed by atoms with van der Waals surface area (Å²) >= 11 is 1.65. The number of nitriles is 1.